The Morgan fingerprint density at radius 2 is 1.79 bits per heavy atom. The van der Waals surface area contributed by atoms with Crippen molar-refractivity contribution < 1.29 is 18.3 Å². The van der Waals surface area contributed by atoms with Crippen molar-refractivity contribution in [2.45, 2.75) is 25.5 Å². The number of hydrogen-bond donors (Lipinski definition) is 0. The number of nitrogens with zero attached hydrogens (tertiary/aromatic N) is 1. The Balaban J connectivity index is 1.68. The second-order valence-corrected chi connectivity index (χ2v) is 7.77. The van der Waals surface area contributed by atoms with Crippen LogP contribution in [0.25, 0.3) is 0 Å². The number of halogens is 3. The minimum Gasteiger partial charge on any atom is -0.444 e. The van der Waals surface area contributed by atoms with Crippen molar-refractivity contribution in [3.63, 3.8) is 0 Å². The molecule has 3 aromatic carbocycles. The smallest absolute Gasteiger partial charge is 0.415 e. The van der Waals surface area contributed by atoms with Crippen molar-refractivity contribution in [3.05, 3.63) is 99.5 Å². The molecule has 1 aliphatic rings. The fourth-order valence-electron chi connectivity index (χ4n) is 3.61. The summed E-state index contributed by atoms with van der Waals surface area (Å²) in [6, 6.07) is 18.1. The number of hydrogen-bond acceptors (Lipinski definition) is 2. The number of carbonyl (C=O) groups excluding carboxylic acids is 1. The predicted molar refractivity (Wildman–Crippen MR) is 111 cm³/mol. The topological polar surface area (TPSA) is 29.5 Å². The van der Waals surface area contributed by atoms with Crippen LogP contribution in [0.15, 0.2) is 71.2 Å². The van der Waals surface area contributed by atoms with Crippen LogP contribution in [-0.2, 0) is 17.8 Å². The van der Waals surface area contributed by atoms with Crippen LogP contribution in [-0.4, -0.2) is 6.09 Å². The van der Waals surface area contributed by atoms with Gasteiger partial charge in [0.2, 0.25) is 0 Å². The molecular formula is C23H18BrF2NO2. The Hall–Kier alpha value is -2.73. The van der Waals surface area contributed by atoms with Crippen molar-refractivity contribution >= 4 is 27.7 Å². The number of aryl methyl sites for hydroxylation is 1. The first-order chi connectivity index (χ1) is 14.0. The molecular weight excluding hydrogens is 440 g/mol. The van der Waals surface area contributed by atoms with Crippen LogP contribution in [0.1, 0.15) is 29.2 Å². The fourth-order valence-corrected chi connectivity index (χ4v) is 4.00. The molecule has 0 aromatic heterocycles. The standard InChI is InChI=1S/C23H18BrF2NO2/c24-19-12-17-8-11-21(16-6-9-18(25)10-7-16)27(22(17)13-20(19)26)23(28)29-14-15-4-2-1-3-5-15/h1-7,9-10,12-13,21H,8,11,14H2. The molecule has 0 N–H and O–H groups in total. The van der Waals surface area contributed by atoms with E-state index in [2.05, 4.69) is 15.9 Å². The molecule has 1 atom stereocenters. The molecule has 4 rings (SSSR count). The number of carbonyl (C=O) groups is 1. The summed E-state index contributed by atoms with van der Waals surface area (Å²) in [5.74, 6) is -0.803. The van der Waals surface area contributed by atoms with Crippen LogP contribution in [0.3, 0.4) is 0 Å². The van der Waals surface area contributed by atoms with Crippen molar-refractivity contribution in [3.8, 4) is 0 Å². The minimum atomic E-state index is -0.564. The van der Waals surface area contributed by atoms with Crippen LogP contribution in [0.5, 0.6) is 0 Å². The van der Waals surface area contributed by atoms with E-state index in [0.717, 1.165) is 16.7 Å². The molecule has 3 nitrogen and oxygen atoms in total. The summed E-state index contributed by atoms with van der Waals surface area (Å²) in [5.41, 5.74) is 2.97. The molecule has 6 heteroatoms. The quantitative estimate of drug-likeness (QED) is 0.445. The van der Waals surface area contributed by atoms with E-state index in [1.54, 1.807) is 18.2 Å². The summed E-state index contributed by atoms with van der Waals surface area (Å²) in [6.07, 6.45) is 0.724. The van der Waals surface area contributed by atoms with Gasteiger partial charge in [0.25, 0.3) is 0 Å². The molecule has 3 aromatic rings. The van der Waals surface area contributed by atoms with E-state index in [-0.39, 0.29) is 18.5 Å². The molecule has 0 spiro atoms. The van der Waals surface area contributed by atoms with Crippen molar-refractivity contribution in [2.75, 3.05) is 4.90 Å². The number of ether oxygens (including phenoxy) is 1. The van der Waals surface area contributed by atoms with Crippen LogP contribution >= 0.6 is 15.9 Å². The summed E-state index contributed by atoms with van der Waals surface area (Å²) in [5, 5.41) is 0. The average Bonchev–Trinajstić information content (AvgIpc) is 2.73. The maximum atomic E-state index is 14.3. The van der Waals surface area contributed by atoms with Gasteiger partial charge in [-0.05, 0) is 69.7 Å². The van der Waals surface area contributed by atoms with Gasteiger partial charge in [-0.1, -0.05) is 42.5 Å². The van der Waals surface area contributed by atoms with E-state index in [1.165, 1.54) is 23.1 Å². The monoisotopic (exact) mass is 457 g/mol. The first-order valence-electron chi connectivity index (χ1n) is 9.26. The lowest BCUT2D eigenvalue weighted by atomic mass is 9.91. The third-order valence-corrected chi connectivity index (χ3v) is 5.64. The Labute approximate surface area is 176 Å². The second kappa shape index (κ2) is 8.33. The zero-order valence-electron chi connectivity index (χ0n) is 15.4. The summed E-state index contributed by atoms with van der Waals surface area (Å²) in [6.45, 7) is 0.112. The van der Waals surface area contributed by atoms with E-state index in [0.29, 0.717) is 23.0 Å². The maximum absolute atomic E-state index is 14.3. The van der Waals surface area contributed by atoms with Gasteiger partial charge in [0.15, 0.2) is 0 Å². The summed E-state index contributed by atoms with van der Waals surface area (Å²) in [4.78, 5) is 14.6. The van der Waals surface area contributed by atoms with Gasteiger partial charge < -0.3 is 4.74 Å². The molecule has 0 fully saturated rings. The number of amides is 1. The van der Waals surface area contributed by atoms with Gasteiger partial charge >= 0.3 is 6.09 Å². The van der Waals surface area contributed by atoms with Gasteiger partial charge in [0, 0.05) is 0 Å². The van der Waals surface area contributed by atoms with E-state index in [4.69, 9.17) is 4.74 Å². The molecule has 1 unspecified atom stereocenters. The average molecular weight is 458 g/mol. The fraction of sp³-hybridized carbons (Fsp3) is 0.174. The van der Waals surface area contributed by atoms with Gasteiger partial charge in [0.05, 0.1) is 16.2 Å². The van der Waals surface area contributed by atoms with Gasteiger partial charge in [0.1, 0.15) is 18.2 Å². The Bertz CT molecular complexity index is 1030. The third kappa shape index (κ3) is 4.17. The predicted octanol–water partition coefficient (Wildman–Crippen LogP) is 6.56. The number of fused-ring (bicyclic) bond motifs is 1. The maximum Gasteiger partial charge on any atom is 0.415 e. The van der Waals surface area contributed by atoms with Crippen molar-refractivity contribution in [2.24, 2.45) is 0 Å². The highest BCUT2D eigenvalue weighted by atomic mass is 79.9. The van der Waals surface area contributed by atoms with E-state index in [9.17, 15) is 13.6 Å². The van der Waals surface area contributed by atoms with Gasteiger partial charge in [-0.25, -0.2) is 13.6 Å². The molecule has 0 bridgehead atoms. The molecule has 0 saturated carbocycles. The van der Waals surface area contributed by atoms with Crippen molar-refractivity contribution in [1.29, 1.82) is 0 Å². The Kier molecular flexibility index (Phi) is 5.62. The third-order valence-electron chi connectivity index (χ3n) is 5.04. The lowest BCUT2D eigenvalue weighted by molar-refractivity contribution is 0.143. The zero-order valence-corrected chi connectivity index (χ0v) is 17.0. The molecule has 0 radical (unpaired) electrons. The highest BCUT2D eigenvalue weighted by Crippen LogP contribution is 2.41. The van der Waals surface area contributed by atoms with Crippen LogP contribution in [0.4, 0.5) is 19.3 Å². The minimum absolute atomic E-state index is 0.112. The first kappa shape index (κ1) is 19.6. The lowest BCUT2D eigenvalue weighted by Crippen LogP contribution is -2.39. The summed E-state index contributed by atoms with van der Waals surface area (Å²) < 4.78 is 33.6. The number of benzene rings is 3. The highest BCUT2D eigenvalue weighted by molar-refractivity contribution is 9.10. The van der Waals surface area contributed by atoms with E-state index < -0.39 is 11.9 Å². The molecule has 1 heterocycles. The second-order valence-electron chi connectivity index (χ2n) is 6.91. The Morgan fingerprint density at radius 1 is 1.07 bits per heavy atom. The van der Waals surface area contributed by atoms with Gasteiger partial charge in [-0.15, -0.1) is 0 Å². The molecule has 0 saturated heterocycles. The van der Waals surface area contributed by atoms with Gasteiger partial charge in [-0.3, -0.25) is 4.90 Å². The molecule has 148 valence electrons. The highest BCUT2D eigenvalue weighted by Gasteiger charge is 2.34. The van der Waals surface area contributed by atoms with Crippen molar-refractivity contribution in [1.82, 2.24) is 0 Å². The van der Waals surface area contributed by atoms with Crippen LogP contribution in [0.2, 0.25) is 0 Å². The lowest BCUT2D eigenvalue weighted by Gasteiger charge is -2.37. The first-order valence-corrected chi connectivity index (χ1v) is 10.1. The molecule has 0 aliphatic carbocycles. The largest absolute Gasteiger partial charge is 0.444 e. The van der Waals surface area contributed by atoms with E-state index in [1.807, 2.05) is 30.3 Å². The Morgan fingerprint density at radius 3 is 2.52 bits per heavy atom. The summed E-state index contributed by atoms with van der Waals surface area (Å²) >= 11 is 3.21. The normalized spacial score (nSPS) is 15.7. The number of anilines is 1. The number of rotatable bonds is 3. The summed E-state index contributed by atoms with van der Waals surface area (Å²) in [7, 11) is 0. The molecule has 29 heavy (non-hydrogen) atoms. The SMILES string of the molecule is O=C(OCc1ccccc1)N1c2cc(F)c(Br)cc2CCC1c1ccc(F)cc1. The van der Waals surface area contributed by atoms with Crippen LogP contribution < -0.4 is 4.90 Å². The molecule has 1 amide bonds. The van der Waals surface area contributed by atoms with Gasteiger partial charge in [-0.2, -0.15) is 0 Å². The van der Waals surface area contributed by atoms with Crippen LogP contribution in [0, 0.1) is 11.6 Å². The van der Waals surface area contributed by atoms with E-state index >= 15 is 0 Å². The molecule has 1 aliphatic heterocycles. The zero-order chi connectivity index (χ0) is 20.4.